The molecule has 0 spiro atoms. The second-order valence-electron chi connectivity index (χ2n) is 4.44. The van der Waals surface area contributed by atoms with E-state index in [9.17, 15) is 8.78 Å². The molecule has 1 aromatic carbocycles. The first-order valence-electron chi connectivity index (χ1n) is 6.10. The van der Waals surface area contributed by atoms with Crippen molar-refractivity contribution in [2.45, 2.75) is 19.3 Å². The first kappa shape index (κ1) is 12.3. The predicted molar refractivity (Wildman–Crippen MR) is 65.4 cm³/mol. The molecule has 0 aliphatic carbocycles. The number of halogens is 2. The minimum absolute atomic E-state index is 0.722. The van der Waals surface area contributed by atoms with Gasteiger partial charge in [-0.05, 0) is 44.5 Å². The average molecular weight is 240 g/mol. The van der Waals surface area contributed by atoms with Crippen LogP contribution in [0.15, 0.2) is 12.1 Å². The molecule has 1 fully saturated rings. The number of nitrogens with one attached hydrogen (secondary N) is 1. The van der Waals surface area contributed by atoms with Crippen LogP contribution in [0, 0.1) is 11.6 Å². The molecule has 0 unspecified atom stereocenters. The molecule has 1 aromatic rings. The van der Waals surface area contributed by atoms with E-state index < -0.39 is 11.6 Å². The Bertz CT molecular complexity index is 387. The largest absolute Gasteiger partial charge is 0.371 e. The van der Waals surface area contributed by atoms with Crippen molar-refractivity contribution in [2.75, 3.05) is 31.6 Å². The SMILES string of the molecule is CNCCc1cc(F)c(F)cc1N1CCCC1. The summed E-state index contributed by atoms with van der Waals surface area (Å²) in [6.45, 7) is 2.65. The monoisotopic (exact) mass is 240 g/mol. The summed E-state index contributed by atoms with van der Waals surface area (Å²) in [6.07, 6.45) is 2.98. The number of hydrogen-bond donors (Lipinski definition) is 1. The molecular formula is C13H18F2N2. The Morgan fingerprint density at radius 2 is 1.82 bits per heavy atom. The van der Waals surface area contributed by atoms with Crippen LogP contribution in [0.25, 0.3) is 0 Å². The van der Waals surface area contributed by atoms with E-state index in [1.54, 1.807) is 0 Å². The molecule has 0 radical (unpaired) electrons. The van der Waals surface area contributed by atoms with E-state index in [2.05, 4.69) is 10.2 Å². The molecule has 4 heteroatoms. The first-order chi connectivity index (χ1) is 8.22. The van der Waals surface area contributed by atoms with Crippen LogP contribution in [0.3, 0.4) is 0 Å². The zero-order valence-corrected chi connectivity index (χ0v) is 10.1. The molecule has 0 aromatic heterocycles. The van der Waals surface area contributed by atoms with Crippen molar-refractivity contribution in [3.05, 3.63) is 29.3 Å². The van der Waals surface area contributed by atoms with E-state index in [0.717, 1.165) is 50.1 Å². The van der Waals surface area contributed by atoms with Gasteiger partial charge in [0, 0.05) is 24.8 Å². The van der Waals surface area contributed by atoms with Gasteiger partial charge in [-0.1, -0.05) is 0 Å². The van der Waals surface area contributed by atoms with Gasteiger partial charge < -0.3 is 10.2 Å². The highest BCUT2D eigenvalue weighted by Gasteiger charge is 2.18. The van der Waals surface area contributed by atoms with Crippen LogP contribution in [-0.2, 0) is 6.42 Å². The third kappa shape index (κ3) is 2.75. The van der Waals surface area contributed by atoms with Crippen LogP contribution in [0.2, 0.25) is 0 Å². The molecule has 1 aliphatic rings. The number of hydrogen-bond acceptors (Lipinski definition) is 2. The molecule has 2 nitrogen and oxygen atoms in total. The molecule has 0 saturated carbocycles. The summed E-state index contributed by atoms with van der Waals surface area (Å²) in [4.78, 5) is 2.15. The van der Waals surface area contributed by atoms with Gasteiger partial charge in [0.1, 0.15) is 0 Å². The zero-order chi connectivity index (χ0) is 12.3. The van der Waals surface area contributed by atoms with E-state index in [0.29, 0.717) is 0 Å². The lowest BCUT2D eigenvalue weighted by atomic mass is 10.1. The average Bonchev–Trinajstić information content (AvgIpc) is 2.83. The zero-order valence-electron chi connectivity index (χ0n) is 10.1. The van der Waals surface area contributed by atoms with Crippen molar-refractivity contribution in [1.29, 1.82) is 0 Å². The lowest BCUT2D eigenvalue weighted by molar-refractivity contribution is 0.506. The Morgan fingerprint density at radius 3 is 2.47 bits per heavy atom. The van der Waals surface area contributed by atoms with Gasteiger partial charge in [0.15, 0.2) is 11.6 Å². The number of nitrogens with zero attached hydrogens (tertiary/aromatic N) is 1. The van der Waals surface area contributed by atoms with Gasteiger partial charge in [0.05, 0.1) is 0 Å². The van der Waals surface area contributed by atoms with Crippen LogP contribution >= 0.6 is 0 Å². The van der Waals surface area contributed by atoms with Crippen LogP contribution in [0.1, 0.15) is 18.4 Å². The highest BCUT2D eigenvalue weighted by molar-refractivity contribution is 5.55. The molecule has 17 heavy (non-hydrogen) atoms. The van der Waals surface area contributed by atoms with Gasteiger partial charge in [0.25, 0.3) is 0 Å². The quantitative estimate of drug-likeness (QED) is 0.869. The molecule has 0 bridgehead atoms. The molecule has 0 amide bonds. The van der Waals surface area contributed by atoms with Gasteiger partial charge in [0.2, 0.25) is 0 Å². The molecule has 1 saturated heterocycles. The minimum atomic E-state index is -0.751. The fraction of sp³-hybridized carbons (Fsp3) is 0.538. The van der Waals surface area contributed by atoms with Gasteiger partial charge in [-0.3, -0.25) is 0 Å². The minimum Gasteiger partial charge on any atom is -0.371 e. The van der Waals surface area contributed by atoms with Crippen LogP contribution in [-0.4, -0.2) is 26.7 Å². The molecular weight excluding hydrogens is 222 g/mol. The van der Waals surface area contributed by atoms with Crippen molar-refractivity contribution < 1.29 is 8.78 Å². The Morgan fingerprint density at radius 1 is 1.18 bits per heavy atom. The Kier molecular flexibility index (Phi) is 3.94. The maximum atomic E-state index is 13.3. The highest BCUT2D eigenvalue weighted by Crippen LogP contribution is 2.27. The number of benzene rings is 1. The van der Waals surface area contributed by atoms with Gasteiger partial charge >= 0.3 is 0 Å². The molecule has 2 rings (SSSR count). The fourth-order valence-electron chi connectivity index (χ4n) is 2.29. The number of anilines is 1. The van der Waals surface area contributed by atoms with E-state index >= 15 is 0 Å². The normalized spacial score (nSPS) is 15.6. The Labute approximate surface area is 101 Å². The second-order valence-corrected chi connectivity index (χ2v) is 4.44. The standard InChI is InChI=1S/C13H18F2N2/c1-16-5-4-10-8-11(14)12(15)9-13(10)17-6-2-3-7-17/h8-9,16H,2-7H2,1H3. The maximum Gasteiger partial charge on any atom is 0.160 e. The molecule has 1 heterocycles. The molecule has 1 aliphatic heterocycles. The molecule has 0 atom stereocenters. The van der Waals surface area contributed by atoms with Crippen molar-refractivity contribution in [3.63, 3.8) is 0 Å². The first-order valence-corrected chi connectivity index (χ1v) is 6.10. The summed E-state index contributed by atoms with van der Waals surface area (Å²) in [5.74, 6) is -1.50. The van der Waals surface area contributed by atoms with Crippen LogP contribution in [0.5, 0.6) is 0 Å². The van der Waals surface area contributed by atoms with Crippen LogP contribution in [0.4, 0.5) is 14.5 Å². The van der Waals surface area contributed by atoms with Crippen molar-refractivity contribution in [3.8, 4) is 0 Å². The van der Waals surface area contributed by atoms with Crippen molar-refractivity contribution >= 4 is 5.69 Å². The number of likely N-dealkylation sites (N-methyl/N-ethyl adjacent to an activating group) is 1. The topological polar surface area (TPSA) is 15.3 Å². The summed E-state index contributed by atoms with van der Waals surface area (Å²) in [5, 5.41) is 3.03. The number of rotatable bonds is 4. The Hall–Kier alpha value is -1.16. The second kappa shape index (κ2) is 5.45. The van der Waals surface area contributed by atoms with E-state index in [4.69, 9.17) is 0 Å². The Balaban J connectivity index is 2.29. The lowest BCUT2D eigenvalue weighted by Gasteiger charge is -2.21. The van der Waals surface area contributed by atoms with Gasteiger partial charge in [-0.15, -0.1) is 0 Å². The fourth-order valence-corrected chi connectivity index (χ4v) is 2.29. The summed E-state index contributed by atoms with van der Waals surface area (Å²) in [5.41, 5.74) is 1.75. The summed E-state index contributed by atoms with van der Waals surface area (Å²) in [6, 6.07) is 2.67. The lowest BCUT2D eigenvalue weighted by Crippen LogP contribution is -2.21. The third-order valence-electron chi connectivity index (χ3n) is 3.21. The van der Waals surface area contributed by atoms with Crippen LogP contribution < -0.4 is 10.2 Å². The molecule has 94 valence electrons. The highest BCUT2D eigenvalue weighted by atomic mass is 19.2. The van der Waals surface area contributed by atoms with Crippen molar-refractivity contribution in [1.82, 2.24) is 5.32 Å². The van der Waals surface area contributed by atoms with Gasteiger partial charge in [-0.25, -0.2) is 8.78 Å². The van der Waals surface area contributed by atoms with E-state index in [1.807, 2.05) is 7.05 Å². The summed E-state index contributed by atoms with van der Waals surface area (Å²) < 4.78 is 26.6. The molecule has 1 N–H and O–H groups in total. The third-order valence-corrected chi connectivity index (χ3v) is 3.21. The van der Waals surface area contributed by atoms with E-state index in [1.165, 1.54) is 12.1 Å². The predicted octanol–water partition coefficient (Wildman–Crippen LogP) is 2.33. The smallest absolute Gasteiger partial charge is 0.160 e. The summed E-state index contributed by atoms with van der Waals surface area (Å²) >= 11 is 0. The maximum absolute atomic E-state index is 13.3. The van der Waals surface area contributed by atoms with Gasteiger partial charge in [-0.2, -0.15) is 0 Å². The van der Waals surface area contributed by atoms with Crippen molar-refractivity contribution in [2.24, 2.45) is 0 Å². The van der Waals surface area contributed by atoms with E-state index in [-0.39, 0.29) is 0 Å². The summed E-state index contributed by atoms with van der Waals surface area (Å²) in [7, 11) is 1.86.